The zero-order valence-corrected chi connectivity index (χ0v) is 19.7. The van der Waals surface area contributed by atoms with Crippen LogP contribution in [0.15, 0.2) is 82.0 Å². The monoisotopic (exact) mass is 533 g/mol. The average molecular weight is 535 g/mol. The molecule has 0 fully saturated rings. The third-order valence-electron chi connectivity index (χ3n) is 6.39. The van der Waals surface area contributed by atoms with E-state index < -0.39 is 5.41 Å². The molecule has 0 atom stereocenters. The molecular weight excluding hydrogens is 518 g/mol. The van der Waals surface area contributed by atoms with Crippen LogP contribution in [0.1, 0.15) is 16.7 Å². The predicted molar refractivity (Wildman–Crippen MR) is 132 cm³/mol. The minimum absolute atomic E-state index is 0.0375. The van der Waals surface area contributed by atoms with Crippen molar-refractivity contribution in [3.63, 3.8) is 0 Å². The molecule has 2 aromatic heterocycles. The molecule has 0 saturated heterocycles. The van der Waals surface area contributed by atoms with Gasteiger partial charge in [-0.1, -0.05) is 50.1 Å². The van der Waals surface area contributed by atoms with E-state index in [0.29, 0.717) is 0 Å². The SMILES string of the molecule is CN1C(=O)C(c2c[nH]c3ccc(Br)cc23)(c2c[nH]c3ccc(Br)cc23)c2ccccc21. The molecule has 0 radical (unpaired) electrons. The number of nitrogens with one attached hydrogen (secondary N) is 2. The summed E-state index contributed by atoms with van der Waals surface area (Å²) in [5.74, 6) is 0.0375. The predicted octanol–water partition coefficient (Wildman–Crippen LogP) is 6.49. The number of nitrogens with zero attached hydrogens (tertiary/aromatic N) is 1. The number of aromatic amines is 2. The van der Waals surface area contributed by atoms with E-state index in [4.69, 9.17) is 0 Å². The number of rotatable bonds is 2. The van der Waals surface area contributed by atoms with Crippen LogP contribution in [-0.4, -0.2) is 22.9 Å². The number of amides is 1. The Morgan fingerprint density at radius 3 is 1.90 bits per heavy atom. The van der Waals surface area contributed by atoms with Gasteiger partial charge in [0.15, 0.2) is 0 Å². The van der Waals surface area contributed by atoms with E-state index in [1.54, 1.807) is 4.90 Å². The van der Waals surface area contributed by atoms with E-state index in [2.05, 4.69) is 60.0 Å². The van der Waals surface area contributed by atoms with Crippen molar-refractivity contribution in [3.8, 4) is 0 Å². The molecule has 0 bridgehead atoms. The summed E-state index contributed by atoms with van der Waals surface area (Å²) in [6.45, 7) is 0. The Hall–Kier alpha value is -2.83. The van der Waals surface area contributed by atoms with Gasteiger partial charge in [-0.15, -0.1) is 0 Å². The molecule has 6 rings (SSSR count). The lowest BCUT2D eigenvalue weighted by molar-refractivity contribution is -0.120. The number of carbonyl (C=O) groups excluding carboxylic acids is 1. The first-order valence-corrected chi connectivity index (χ1v) is 11.5. The number of hydrogen-bond acceptors (Lipinski definition) is 1. The molecule has 152 valence electrons. The highest BCUT2D eigenvalue weighted by Gasteiger charge is 2.54. The van der Waals surface area contributed by atoms with Crippen molar-refractivity contribution >= 4 is 65.3 Å². The summed E-state index contributed by atoms with van der Waals surface area (Å²) in [5, 5.41) is 2.05. The van der Waals surface area contributed by atoms with Gasteiger partial charge in [0.2, 0.25) is 5.91 Å². The number of benzene rings is 3. The summed E-state index contributed by atoms with van der Waals surface area (Å²) in [4.78, 5) is 22.8. The molecular formula is C25H17Br2N3O. The first-order chi connectivity index (χ1) is 15.0. The quantitative estimate of drug-likeness (QED) is 0.267. The maximum atomic E-state index is 14.2. The lowest BCUT2D eigenvalue weighted by atomic mass is 9.70. The smallest absolute Gasteiger partial charge is 0.246 e. The van der Waals surface area contributed by atoms with E-state index in [1.807, 2.05) is 61.9 Å². The van der Waals surface area contributed by atoms with Crippen molar-refractivity contribution in [2.24, 2.45) is 0 Å². The Balaban J connectivity index is 1.81. The summed E-state index contributed by atoms with van der Waals surface area (Å²) in [6.07, 6.45) is 3.98. The number of likely N-dealkylation sites (N-methyl/N-ethyl adjacent to an activating group) is 1. The first-order valence-electron chi connectivity index (χ1n) is 9.93. The normalized spacial score (nSPS) is 15.2. The molecule has 3 aromatic carbocycles. The molecule has 31 heavy (non-hydrogen) atoms. The van der Waals surface area contributed by atoms with Gasteiger partial charge in [0.25, 0.3) is 0 Å². The van der Waals surface area contributed by atoms with Crippen molar-refractivity contribution < 1.29 is 4.79 Å². The Bertz CT molecular complexity index is 1430. The molecule has 0 unspecified atom stereocenters. The zero-order valence-electron chi connectivity index (χ0n) is 16.5. The van der Waals surface area contributed by atoms with Crippen LogP contribution in [0.4, 0.5) is 5.69 Å². The molecule has 5 aromatic rings. The number of para-hydroxylation sites is 1. The minimum atomic E-state index is -0.969. The number of anilines is 1. The molecule has 0 spiro atoms. The zero-order chi connectivity index (χ0) is 21.3. The van der Waals surface area contributed by atoms with E-state index in [1.165, 1.54) is 0 Å². The van der Waals surface area contributed by atoms with Gasteiger partial charge in [0.1, 0.15) is 5.41 Å². The Morgan fingerprint density at radius 2 is 1.32 bits per heavy atom. The van der Waals surface area contributed by atoms with E-state index in [-0.39, 0.29) is 5.91 Å². The molecule has 1 aliphatic rings. The summed E-state index contributed by atoms with van der Waals surface area (Å²) in [7, 11) is 1.86. The highest BCUT2D eigenvalue weighted by molar-refractivity contribution is 9.10. The number of H-pyrrole nitrogens is 2. The van der Waals surface area contributed by atoms with Gasteiger partial charge in [-0.05, 0) is 42.5 Å². The summed E-state index contributed by atoms with van der Waals surface area (Å²) < 4.78 is 1.95. The van der Waals surface area contributed by atoms with E-state index in [0.717, 1.165) is 53.1 Å². The number of halogens is 2. The van der Waals surface area contributed by atoms with Crippen molar-refractivity contribution in [2.45, 2.75) is 5.41 Å². The maximum Gasteiger partial charge on any atom is 0.246 e. The second-order valence-corrected chi connectivity index (χ2v) is 9.75. The minimum Gasteiger partial charge on any atom is -0.361 e. The lowest BCUT2D eigenvalue weighted by Gasteiger charge is -2.28. The fourth-order valence-corrected chi connectivity index (χ4v) is 5.75. The second kappa shape index (κ2) is 6.58. The Labute approximate surface area is 195 Å². The summed E-state index contributed by atoms with van der Waals surface area (Å²) in [6, 6.07) is 20.3. The Morgan fingerprint density at radius 1 is 0.774 bits per heavy atom. The highest BCUT2D eigenvalue weighted by Crippen LogP contribution is 2.53. The van der Waals surface area contributed by atoms with Crippen LogP contribution in [0.2, 0.25) is 0 Å². The van der Waals surface area contributed by atoms with E-state index in [9.17, 15) is 4.79 Å². The maximum absolute atomic E-state index is 14.2. The summed E-state index contributed by atoms with van der Waals surface area (Å²) in [5.41, 5.74) is 4.85. The lowest BCUT2D eigenvalue weighted by Crippen LogP contribution is -2.40. The molecule has 1 aliphatic heterocycles. The largest absolute Gasteiger partial charge is 0.361 e. The average Bonchev–Trinajstić information content (AvgIpc) is 3.43. The Kier molecular flexibility index (Phi) is 4.01. The van der Waals surface area contributed by atoms with Crippen LogP contribution >= 0.6 is 31.9 Å². The number of fused-ring (bicyclic) bond motifs is 3. The molecule has 6 heteroatoms. The third-order valence-corrected chi connectivity index (χ3v) is 7.38. The highest BCUT2D eigenvalue weighted by atomic mass is 79.9. The van der Waals surface area contributed by atoms with Gasteiger partial charge in [-0.25, -0.2) is 0 Å². The van der Waals surface area contributed by atoms with Gasteiger partial charge < -0.3 is 14.9 Å². The van der Waals surface area contributed by atoms with Crippen molar-refractivity contribution in [2.75, 3.05) is 11.9 Å². The van der Waals surface area contributed by atoms with Crippen LogP contribution in [0.5, 0.6) is 0 Å². The molecule has 2 N–H and O–H groups in total. The van der Waals surface area contributed by atoms with Gasteiger partial charge in [0.05, 0.1) is 0 Å². The molecule has 0 aliphatic carbocycles. The van der Waals surface area contributed by atoms with Crippen molar-refractivity contribution in [1.82, 2.24) is 9.97 Å². The van der Waals surface area contributed by atoms with Crippen LogP contribution in [0, 0.1) is 0 Å². The summed E-state index contributed by atoms with van der Waals surface area (Å²) >= 11 is 7.23. The molecule has 4 nitrogen and oxygen atoms in total. The van der Waals surface area contributed by atoms with Gasteiger partial charge in [0, 0.05) is 72.6 Å². The van der Waals surface area contributed by atoms with Crippen LogP contribution < -0.4 is 4.90 Å². The van der Waals surface area contributed by atoms with Gasteiger partial charge >= 0.3 is 0 Å². The molecule has 0 saturated carbocycles. The fourth-order valence-electron chi connectivity index (χ4n) is 5.03. The third kappa shape index (κ3) is 2.43. The van der Waals surface area contributed by atoms with E-state index >= 15 is 0 Å². The van der Waals surface area contributed by atoms with Gasteiger partial charge in [-0.3, -0.25) is 4.79 Å². The van der Waals surface area contributed by atoms with Crippen molar-refractivity contribution in [3.05, 3.63) is 98.7 Å². The fraction of sp³-hybridized carbons (Fsp3) is 0.0800. The molecule has 3 heterocycles. The second-order valence-electron chi connectivity index (χ2n) is 7.92. The van der Waals surface area contributed by atoms with Crippen LogP contribution in [0.25, 0.3) is 21.8 Å². The number of aromatic nitrogens is 2. The number of hydrogen-bond donors (Lipinski definition) is 2. The van der Waals surface area contributed by atoms with Crippen LogP contribution in [-0.2, 0) is 10.2 Å². The standard InChI is InChI=1S/C25H17Br2N3O/c1-30-23-5-3-2-4-18(23)25(24(30)31,19-12-28-21-8-6-14(26)10-16(19)21)20-13-29-22-9-7-15(27)11-17(20)22/h2-13,28-29H,1H3. The van der Waals surface area contributed by atoms with Crippen molar-refractivity contribution in [1.29, 1.82) is 0 Å². The topological polar surface area (TPSA) is 51.9 Å². The first kappa shape index (κ1) is 18.9. The molecule has 1 amide bonds. The van der Waals surface area contributed by atoms with Crippen LogP contribution in [0.3, 0.4) is 0 Å². The van der Waals surface area contributed by atoms with Gasteiger partial charge in [-0.2, -0.15) is 0 Å². The number of carbonyl (C=O) groups is 1.